The fraction of sp³-hybridized carbons (Fsp3) is 0.586. The molecule has 0 bridgehead atoms. The second-order valence-corrected chi connectivity index (χ2v) is 14.3. The maximum atomic E-state index is 14.7. The van der Waals surface area contributed by atoms with Crippen LogP contribution in [0, 0.1) is 23.6 Å². The van der Waals surface area contributed by atoms with Gasteiger partial charge in [0.25, 0.3) is 0 Å². The highest BCUT2D eigenvalue weighted by Crippen LogP contribution is 2.57. The Bertz CT molecular complexity index is 1450. The van der Waals surface area contributed by atoms with E-state index in [9.17, 15) is 13.4 Å². The first-order chi connectivity index (χ1) is 19.1. The highest BCUT2D eigenvalue weighted by atomic mass is 32.2. The molecule has 1 N–H and O–H groups in total. The Hall–Kier alpha value is -2.92. The highest BCUT2D eigenvalue weighted by Gasteiger charge is 2.54. The molecule has 0 amide bonds. The third kappa shape index (κ3) is 5.37. The van der Waals surface area contributed by atoms with Gasteiger partial charge in [0.15, 0.2) is 5.65 Å². The fourth-order valence-corrected chi connectivity index (χ4v) is 6.85. The van der Waals surface area contributed by atoms with Crippen LogP contribution in [0.15, 0.2) is 30.7 Å². The fourth-order valence-electron chi connectivity index (χ4n) is 5.92. The van der Waals surface area contributed by atoms with Crippen LogP contribution < -0.4 is 9.62 Å². The van der Waals surface area contributed by atoms with Gasteiger partial charge in [0.2, 0.25) is 0 Å². The summed E-state index contributed by atoms with van der Waals surface area (Å²) in [6, 6.07) is 3.62. The molecule has 3 aromatic rings. The monoisotopic (exact) mass is 568 g/mol. The predicted octanol–water partition coefficient (Wildman–Crippen LogP) is 4.40. The number of fused-ring (bicyclic) bond motifs is 2. The van der Waals surface area contributed by atoms with Gasteiger partial charge < -0.3 is 9.64 Å². The van der Waals surface area contributed by atoms with Crippen molar-refractivity contribution in [3.63, 3.8) is 0 Å². The standard InChI is InChI=1S/C29H37FN6O3S/c1-5-39-28(37)22-15-32-36-11-10-25(33-27(22)36)35-16-18-12-20(18)26(35)21-13-19(30)14-31-24(21)9-8-23(17-6-7-17)34-40(38)29(2,3)4/h10-11,13-15,17-18,20,23,26,34H,5-9,12,16H2,1-4H3/t18?,20?,23-,26?,40+/m0/s1. The number of rotatable bonds is 10. The average Bonchev–Trinajstić information content (AvgIpc) is 3.83. The van der Waals surface area contributed by atoms with E-state index >= 15 is 0 Å². The van der Waals surface area contributed by atoms with Crippen molar-refractivity contribution in [2.24, 2.45) is 17.8 Å². The normalized spacial score (nSPS) is 23.7. The first-order valence-electron chi connectivity index (χ1n) is 14.2. The number of aromatic nitrogens is 4. The Morgan fingerprint density at radius 3 is 2.83 bits per heavy atom. The molecular formula is C29H37FN6O3S. The van der Waals surface area contributed by atoms with Gasteiger partial charge in [-0.15, -0.1) is 0 Å². The molecule has 40 heavy (non-hydrogen) atoms. The zero-order chi connectivity index (χ0) is 28.2. The summed E-state index contributed by atoms with van der Waals surface area (Å²) in [5.74, 6) is 1.36. The number of piperidine rings is 1. The molecule has 4 heterocycles. The molecule has 1 aliphatic heterocycles. The second-order valence-electron chi connectivity index (χ2n) is 12.3. The van der Waals surface area contributed by atoms with E-state index in [4.69, 9.17) is 9.72 Å². The van der Waals surface area contributed by atoms with Gasteiger partial charge in [-0.25, -0.2) is 27.6 Å². The SMILES string of the molecule is CCOC(=O)c1cnn2ccc(N3CC4CC4C3c3cc(F)cnc3CC[C@H](N[S@](=O)C(C)(C)C)C3CC3)nc12. The number of halogens is 1. The van der Waals surface area contributed by atoms with E-state index in [-0.39, 0.29) is 29.3 Å². The summed E-state index contributed by atoms with van der Waals surface area (Å²) in [5.41, 5.74) is 2.55. The second kappa shape index (κ2) is 10.5. The van der Waals surface area contributed by atoms with E-state index in [1.807, 2.05) is 26.8 Å². The summed E-state index contributed by atoms with van der Waals surface area (Å²) >= 11 is 0. The lowest BCUT2D eigenvalue weighted by Crippen LogP contribution is -2.41. The van der Waals surface area contributed by atoms with Crippen LogP contribution in [0.5, 0.6) is 0 Å². The molecule has 0 aromatic carbocycles. The number of pyridine rings is 1. The molecule has 214 valence electrons. The van der Waals surface area contributed by atoms with E-state index in [2.05, 4.69) is 19.7 Å². The molecule has 11 heteroatoms. The number of carbonyl (C=O) groups excluding carboxylic acids is 1. The molecule has 3 unspecified atom stereocenters. The zero-order valence-electron chi connectivity index (χ0n) is 23.5. The molecule has 3 aliphatic rings. The smallest absolute Gasteiger partial charge is 0.343 e. The summed E-state index contributed by atoms with van der Waals surface area (Å²) in [6.45, 7) is 8.78. The summed E-state index contributed by atoms with van der Waals surface area (Å²) in [5, 5.41) is 4.26. The number of esters is 1. The molecule has 1 saturated heterocycles. The topological polar surface area (TPSA) is 102 Å². The van der Waals surface area contributed by atoms with E-state index in [0.29, 0.717) is 35.4 Å². The first kappa shape index (κ1) is 27.3. The molecule has 2 aliphatic carbocycles. The third-order valence-electron chi connectivity index (χ3n) is 8.28. The lowest BCUT2D eigenvalue weighted by Gasteiger charge is -2.30. The van der Waals surface area contributed by atoms with Crippen molar-refractivity contribution in [1.29, 1.82) is 0 Å². The molecule has 0 spiro atoms. The van der Waals surface area contributed by atoms with Gasteiger partial charge in [0.1, 0.15) is 17.2 Å². The van der Waals surface area contributed by atoms with Crippen LogP contribution in [0.3, 0.4) is 0 Å². The van der Waals surface area contributed by atoms with Gasteiger partial charge in [0, 0.05) is 24.5 Å². The van der Waals surface area contributed by atoms with Crippen molar-refractivity contribution in [3.05, 3.63) is 53.4 Å². The minimum atomic E-state index is -1.15. The number of nitrogens with one attached hydrogen (secondary N) is 1. The summed E-state index contributed by atoms with van der Waals surface area (Å²) in [7, 11) is -1.15. The largest absolute Gasteiger partial charge is 0.462 e. The molecule has 6 rings (SSSR count). The number of aryl methyl sites for hydroxylation is 1. The molecule has 3 aromatic heterocycles. The van der Waals surface area contributed by atoms with Crippen LogP contribution in [-0.2, 0) is 22.1 Å². The number of nitrogens with zero attached hydrogens (tertiary/aromatic N) is 5. The molecule has 3 fully saturated rings. The molecule has 2 saturated carbocycles. The number of hydrogen-bond acceptors (Lipinski definition) is 7. The van der Waals surface area contributed by atoms with Crippen LogP contribution in [0.25, 0.3) is 5.65 Å². The number of ether oxygens (including phenoxy) is 1. The lowest BCUT2D eigenvalue weighted by molar-refractivity contribution is 0.0528. The van der Waals surface area contributed by atoms with Crippen molar-refractivity contribution in [2.45, 2.75) is 76.6 Å². The van der Waals surface area contributed by atoms with Crippen molar-refractivity contribution in [1.82, 2.24) is 24.3 Å². The molecule has 9 nitrogen and oxygen atoms in total. The van der Waals surface area contributed by atoms with E-state index < -0.39 is 17.0 Å². The Balaban J connectivity index is 1.28. The Labute approximate surface area is 236 Å². The Morgan fingerprint density at radius 1 is 1.30 bits per heavy atom. The van der Waals surface area contributed by atoms with Crippen molar-refractivity contribution in [3.8, 4) is 0 Å². The van der Waals surface area contributed by atoms with Crippen molar-refractivity contribution < 1.29 is 18.1 Å². The molecular weight excluding hydrogens is 531 g/mol. The maximum absolute atomic E-state index is 14.7. The number of carbonyl (C=O) groups is 1. The van der Waals surface area contributed by atoms with Crippen molar-refractivity contribution >= 4 is 28.4 Å². The van der Waals surface area contributed by atoms with Gasteiger partial charge in [-0.2, -0.15) is 5.10 Å². The summed E-state index contributed by atoms with van der Waals surface area (Å²) in [4.78, 5) is 24.1. The van der Waals surface area contributed by atoms with Crippen LogP contribution in [-0.4, -0.2) is 53.7 Å². The predicted molar refractivity (Wildman–Crippen MR) is 151 cm³/mol. The van der Waals surface area contributed by atoms with Gasteiger partial charge >= 0.3 is 5.97 Å². The van der Waals surface area contributed by atoms with E-state index in [1.54, 1.807) is 23.7 Å². The Kier molecular flexibility index (Phi) is 7.14. The summed E-state index contributed by atoms with van der Waals surface area (Å²) in [6.07, 6.45) is 9.42. The van der Waals surface area contributed by atoms with Crippen LogP contribution in [0.4, 0.5) is 10.2 Å². The van der Waals surface area contributed by atoms with Gasteiger partial charge in [-0.05, 0) is 95.2 Å². The van der Waals surface area contributed by atoms with Crippen LogP contribution in [0.1, 0.15) is 81.0 Å². The average molecular weight is 569 g/mol. The number of anilines is 1. The minimum absolute atomic E-state index is 0.0526. The van der Waals surface area contributed by atoms with Gasteiger partial charge in [-0.1, -0.05) is 0 Å². The summed E-state index contributed by atoms with van der Waals surface area (Å²) < 4.78 is 37.3. The van der Waals surface area contributed by atoms with Crippen LogP contribution >= 0.6 is 0 Å². The third-order valence-corrected chi connectivity index (χ3v) is 9.91. The maximum Gasteiger partial charge on any atom is 0.343 e. The molecule has 0 radical (unpaired) electrons. The van der Waals surface area contributed by atoms with Crippen molar-refractivity contribution in [2.75, 3.05) is 18.1 Å². The van der Waals surface area contributed by atoms with Gasteiger partial charge in [0.05, 0.1) is 40.8 Å². The molecule has 5 atom stereocenters. The quantitative estimate of drug-likeness (QED) is 0.362. The zero-order valence-corrected chi connectivity index (χ0v) is 24.3. The van der Waals surface area contributed by atoms with Gasteiger partial charge in [-0.3, -0.25) is 4.98 Å². The highest BCUT2D eigenvalue weighted by molar-refractivity contribution is 7.84. The number of hydrogen-bond donors (Lipinski definition) is 1. The lowest BCUT2D eigenvalue weighted by atomic mass is 9.96. The van der Waals surface area contributed by atoms with E-state index in [0.717, 1.165) is 49.3 Å². The Morgan fingerprint density at radius 2 is 2.10 bits per heavy atom. The van der Waals surface area contributed by atoms with E-state index in [1.165, 1.54) is 12.4 Å². The minimum Gasteiger partial charge on any atom is -0.462 e. The van der Waals surface area contributed by atoms with Crippen LogP contribution in [0.2, 0.25) is 0 Å². The first-order valence-corrected chi connectivity index (χ1v) is 15.4.